The zero-order chi connectivity index (χ0) is 9.26. The topological polar surface area (TPSA) is 45.6 Å². The van der Waals surface area contributed by atoms with Crippen LogP contribution in [0.2, 0.25) is 0 Å². The number of aryl methyl sites for hydroxylation is 1. The van der Waals surface area contributed by atoms with Crippen molar-refractivity contribution in [3.05, 3.63) is 5.69 Å². The molecule has 2 heterocycles. The van der Waals surface area contributed by atoms with Gasteiger partial charge in [-0.05, 0) is 18.5 Å². The fraction of sp³-hybridized carbons (Fsp3) is 0.625. The molecule has 0 spiro atoms. The third kappa shape index (κ3) is 1.62. The van der Waals surface area contributed by atoms with Crippen molar-refractivity contribution in [1.29, 1.82) is 0 Å². The molecular weight excluding hydrogens is 188 g/mol. The van der Waals surface area contributed by atoms with Crippen LogP contribution in [0.4, 0.5) is 5.00 Å². The van der Waals surface area contributed by atoms with Gasteiger partial charge in [-0.2, -0.15) is 4.37 Å². The quantitative estimate of drug-likeness (QED) is 0.734. The van der Waals surface area contributed by atoms with Crippen LogP contribution in [-0.2, 0) is 4.74 Å². The molecule has 72 valence electrons. The molecule has 0 aromatic carbocycles. The number of aromatic nitrogens is 1. The minimum atomic E-state index is 0.326. The van der Waals surface area contributed by atoms with E-state index in [0.29, 0.717) is 11.4 Å². The van der Waals surface area contributed by atoms with Crippen molar-refractivity contribution in [1.82, 2.24) is 4.37 Å². The highest BCUT2D eigenvalue weighted by Gasteiger charge is 2.18. The van der Waals surface area contributed by atoms with Gasteiger partial charge in [-0.1, -0.05) is 0 Å². The van der Waals surface area contributed by atoms with Crippen LogP contribution in [0.1, 0.15) is 5.69 Å². The summed E-state index contributed by atoms with van der Waals surface area (Å²) in [6, 6.07) is 0. The first-order valence-corrected chi connectivity index (χ1v) is 5.04. The molecule has 0 amide bonds. The average molecular weight is 200 g/mol. The molecule has 0 atom stereocenters. The van der Waals surface area contributed by atoms with Crippen molar-refractivity contribution in [2.45, 2.75) is 6.92 Å². The van der Waals surface area contributed by atoms with Gasteiger partial charge in [0, 0.05) is 13.1 Å². The summed E-state index contributed by atoms with van der Waals surface area (Å²) >= 11 is 1.35. The first kappa shape index (κ1) is 8.77. The summed E-state index contributed by atoms with van der Waals surface area (Å²) in [5.74, 6) is 0.326. The number of anilines is 1. The van der Waals surface area contributed by atoms with Crippen LogP contribution in [0, 0.1) is 6.92 Å². The molecule has 1 aliphatic heterocycles. The number of ether oxygens (including phenoxy) is 1. The predicted molar refractivity (Wildman–Crippen MR) is 51.5 cm³/mol. The first-order chi connectivity index (χ1) is 6.29. The molecule has 1 aromatic rings. The van der Waals surface area contributed by atoms with E-state index in [1.165, 1.54) is 11.5 Å². The fourth-order valence-corrected chi connectivity index (χ4v) is 2.17. The zero-order valence-corrected chi connectivity index (χ0v) is 8.30. The van der Waals surface area contributed by atoms with E-state index in [2.05, 4.69) is 9.27 Å². The van der Waals surface area contributed by atoms with Crippen molar-refractivity contribution in [3.63, 3.8) is 0 Å². The van der Waals surface area contributed by atoms with E-state index in [1.807, 2.05) is 6.92 Å². The van der Waals surface area contributed by atoms with E-state index in [-0.39, 0.29) is 0 Å². The third-order valence-electron chi connectivity index (χ3n) is 2.11. The van der Waals surface area contributed by atoms with Crippen LogP contribution in [-0.4, -0.2) is 35.8 Å². The van der Waals surface area contributed by atoms with Crippen LogP contribution < -0.4 is 4.90 Å². The van der Waals surface area contributed by atoms with Crippen LogP contribution in [0.3, 0.4) is 0 Å². The lowest BCUT2D eigenvalue weighted by atomic mass is 10.4. The van der Waals surface area contributed by atoms with Gasteiger partial charge in [-0.25, -0.2) is 0 Å². The summed E-state index contributed by atoms with van der Waals surface area (Å²) in [7, 11) is 0. The number of rotatable bonds is 1. The number of aromatic hydroxyl groups is 1. The summed E-state index contributed by atoms with van der Waals surface area (Å²) in [5.41, 5.74) is 0.714. The molecule has 13 heavy (non-hydrogen) atoms. The molecule has 0 radical (unpaired) electrons. The molecule has 0 saturated carbocycles. The Hall–Kier alpha value is -0.810. The Morgan fingerprint density at radius 2 is 2.15 bits per heavy atom. The highest BCUT2D eigenvalue weighted by atomic mass is 32.1. The smallest absolute Gasteiger partial charge is 0.173 e. The minimum absolute atomic E-state index is 0.326. The Labute approximate surface area is 80.9 Å². The van der Waals surface area contributed by atoms with Gasteiger partial charge in [0.1, 0.15) is 0 Å². The monoisotopic (exact) mass is 200 g/mol. The normalized spacial score (nSPS) is 17.8. The Bertz CT molecular complexity index is 294. The lowest BCUT2D eigenvalue weighted by molar-refractivity contribution is 0.123. The summed E-state index contributed by atoms with van der Waals surface area (Å²) < 4.78 is 9.33. The summed E-state index contributed by atoms with van der Waals surface area (Å²) in [6.07, 6.45) is 0. The Morgan fingerprint density at radius 3 is 2.69 bits per heavy atom. The lowest BCUT2D eigenvalue weighted by Gasteiger charge is -2.26. The Balaban J connectivity index is 2.18. The molecule has 1 fully saturated rings. The molecule has 1 aromatic heterocycles. The van der Waals surface area contributed by atoms with Crippen LogP contribution in [0.25, 0.3) is 0 Å². The van der Waals surface area contributed by atoms with Crippen molar-refractivity contribution in [3.8, 4) is 5.75 Å². The molecule has 2 rings (SSSR count). The number of morpholine rings is 1. The Morgan fingerprint density at radius 1 is 1.46 bits per heavy atom. The van der Waals surface area contributed by atoms with Crippen molar-refractivity contribution in [2.24, 2.45) is 0 Å². The van der Waals surface area contributed by atoms with Crippen molar-refractivity contribution in [2.75, 3.05) is 31.2 Å². The molecule has 0 unspecified atom stereocenters. The maximum absolute atomic E-state index is 9.66. The molecule has 5 heteroatoms. The van der Waals surface area contributed by atoms with Crippen molar-refractivity contribution < 1.29 is 9.84 Å². The summed E-state index contributed by atoms with van der Waals surface area (Å²) in [5, 5.41) is 10.5. The molecule has 4 nitrogen and oxygen atoms in total. The van der Waals surface area contributed by atoms with Crippen LogP contribution >= 0.6 is 11.5 Å². The first-order valence-electron chi connectivity index (χ1n) is 4.27. The molecule has 0 bridgehead atoms. The predicted octanol–water partition coefficient (Wildman–Crippen LogP) is 0.994. The average Bonchev–Trinajstić information content (AvgIpc) is 2.49. The standard InChI is InChI=1S/C8H12N2O2S/c1-6-7(11)8(13-9-6)10-2-4-12-5-3-10/h11H,2-5H2,1H3. The maximum atomic E-state index is 9.66. The minimum Gasteiger partial charge on any atom is -0.503 e. The van der Waals surface area contributed by atoms with Gasteiger partial charge in [-0.3, -0.25) is 0 Å². The van der Waals surface area contributed by atoms with Gasteiger partial charge in [0.2, 0.25) is 0 Å². The van der Waals surface area contributed by atoms with E-state index < -0.39 is 0 Å². The zero-order valence-electron chi connectivity index (χ0n) is 7.49. The number of nitrogens with zero attached hydrogens (tertiary/aromatic N) is 2. The van der Waals surface area contributed by atoms with Gasteiger partial charge in [0.15, 0.2) is 10.8 Å². The number of hydrogen-bond donors (Lipinski definition) is 1. The van der Waals surface area contributed by atoms with Crippen LogP contribution in [0.5, 0.6) is 5.75 Å². The van der Waals surface area contributed by atoms with Gasteiger partial charge < -0.3 is 14.7 Å². The number of hydrogen-bond acceptors (Lipinski definition) is 5. The van der Waals surface area contributed by atoms with Gasteiger partial charge in [0.25, 0.3) is 0 Å². The van der Waals surface area contributed by atoms with E-state index >= 15 is 0 Å². The second-order valence-corrected chi connectivity index (χ2v) is 3.77. The second kappa shape index (κ2) is 3.51. The van der Waals surface area contributed by atoms with E-state index in [0.717, 1.165) is 31.3 Å². The fourth-order valence-electron chi connectivity index (χ4n) is 1.33. The Kier molecular flexibility index (Phi) is 2.37. The molecule has 1 N–H and O–H groups in total. The van der Waals surface area contributed by atoms with Gasteiger partial charge in [0.05, 0.1) is 18.9 Å². The van der Waals surface area contributed by atoms with Gasteiger partial charge in [-0.15, -0.1) is 0 Å². The molecule has 0 aliphatic carbocycles. The SMILES string of the molecule is Cc1nsc(N2CCOCC2)c1O. The van der Waals surface area contributed by atoms with E-state index in [1.54, 1.807) is 0 Å². The summed E-state index contributed by atoms with van der Waals surface area (Å²) in [4.78, 5) is 2.11. The van der Waals surface area contributed by atoms with Gasteiger partial charge >= 0.3 is 0 Å². The molecular formula is C8H12N2O2S. The highest BCUT2D eigenvalue weighted by molar-refractivity contribution is 7.10. The largest absolute Gasteiger partial charge is 0.503 e. The molecule has 1 saturated heterocycles. The highest BCUT2D eigenvalue weighted by Crippen LogP contribution is 2.34. The maximum Gasteiger partial charge on any atom is 0.173 e. The third-order valence-corrected chi connectivity index (χ3v) is 3.10. The summed E-state index contributed by atoms with van der Waals surface area (Å²) in [6.45, 7) is 4.97. The van der Waals surface area contributed by atoms with E-state index in [4.69, 9.17) is 4.74 Å². The second-order valence-electron chi connectivity index (χ2n) is 3.02. The lowest BCUT2D eigenvalue weighted by Crippen LogP contribution is -2.35. The molecule has 1 aliphatic rings. The van der Waals surface area contributed by atoms with E-state index in [9.17, 15) is 5.11 Å². The van der Waals surface area contributed by atoms with Crippen molar-refractivity contribution >= 4 is 16.5 Å². The van der Waals surface area contributed by atoms with Crippen LogP contribution in [0.15, 0.2) is 0 Å².